The number of benzene rings is 1. The quantitative estimate of drug-likeness (QED) is 0.303. The van der Waals surface area contributed by atoms with Crippen molar-refractivity contribution < 1.29 is 4.42 Å². The molecule has 148 valence electrons. The summed E-state index contributed by atoms with van der Waals surface area (Å²) in [6.45, 7) is 9.00. The first-order valence-electron chi connectivity index (χ1n) is 11.0. The first-order chi connectivity index (χ1) is 13.7. The Morgan fingerprint density at radius 2 is 1.54 bits per heavy atom. The first kappa shape index (κ1) is 19.4. The third kappa shape index (κ3) is 3.14. The van der Waals surface area contributed by atoms with Crippen LogP contribution in [0.1, 0.15) is 76.0 Å². The Kier molecular flexibility index (Phi) is 5.73. The van der Waals surface area contributed by atoms with Crippen molar-refractivity contribution in [2.75, 3.05) is 0 Å². The molecule has 3 heterocycles. The standard InChI is InChI=1S/C25H31NOS/c1-5-10-16-17-14-9-15-21-22(17)23-24(28-21)18(11-6-2)19(12-7-3)26-25(23)27-20(16)13-8-4/h9,14-15H,5-8,10-13H2,1-4H3. The molecular weight excluding hydrogens is 362 g/mol. The lowest BCUT2D eigenvalue weighted by Crippen LogP contribution is -1.99. The third-order valence-corrected chi connectivity index (χ3v) is 6.85. The summed E-state index contributed by atoms with van der Waals surface area (Å²) < 4.78 is 9.41. The van der Waals surface area contributed by atoms with Crippen LogP contribution in [-0.2, 0) is 25.7 Å². The molecule has 0 fully saturated rings. The highest BCUT2D eigenvalue weighted by atomic mass is 32.1. The van der Waals surface area contributed by atoms with Crippen LogP contribution in [0, 0.1) is 0 Å². The van der Waals surface area contributed by atoms with E-state index in [0.29, 0.717) is 0 Å². The van der Waals surface area contributed by atoms with Crippen LogP contribution < -0.4 is 0 Å². The van der Waals surface area contributed by atoms with Crippen LogP contribution >= 0.6 is 11.3 Å². The van der Waals surface area contributed by atoms with E-state index in [1.165, 1.54) is 42.4 Å². The first-order valence-corrected chi connectivity index (χ1v) is 11.8. The fourth-order valence-corrected chi connectivity index (χ4v) is 5.82. The molecule has 4 rings (SSSR count). The molecule has 0 radical (unpaired) electrons. The van der Waals surface area contributed by atoms with E-state index in [-0.39, 0.29) is 0 Å². The fraction of sp³-hybridized carbons (Fsp3) is 0.480. The minimum atomic E-state index is 0.853. The van der Waals surface area contributed by atoms with Gasteiger partial charge in [0.2, 0.25) is 5.71 Å². The van der Waals surface area contributed by atoms with Gasteiger partial charge >= 0.3 is 0 Å². The second-order valence-corrected chi connectivity index (χ2v) is 8.88. The number of pyridine rings is 1. The van der Waals surface area contributed by atoms with E-state index in [1.54, 1.807) is 0 Å². The maximum atomic E-state index is 6.63. The summed E-state index contributed by atoms with van der Waals surface area (Å²) in [6, 6.07) is 6.79. The van der Waals surface area contributed by atoms with Gasteiger partial charge in [0.15, 0.2) is 0 Å². The molecule has 0 atom stereocenters. The van der Waals surface area contributed by atoms with Gasteiger partial charge in [0.1, 0.15) is 5.76 Å². The molecule has 0 saturated carbocycles. The smallest absolute Gasteiger partial charge is 0.228 e. The van der Waals surface area contributed by atoms with Crippen LogP contribution in [0.4, 0.5) is 0 Å². The number of aryl methyl sites for hydroxylation is 4. The van der Waals surface area contributed by atoms with Gasteiger partial charge in [-0.05, 0) is 48.3 Å². The minimum absolute atomic E-state index is 0.853. The SMILES string of the molecule is CCCc1nc2oc(CCC)c(CCC)c3cccc4sc(c1CCC)c2c43. The van der Waals surface area contributed by atoms with Gasteiger partial charge in [-0.25, -0.2) is 4.98 Å². The molecule has 1 aromatic carbocycles. The minimum Gasteiger partial charge on any atom is -0.442 e. The van der Waals surface area contributed by atoms with Gasteiger partial charge in [0.05, 0.1) is 5.39 Å². The van der Waals surface area contributed by atoms with Gasteiger partial charge in [-0.2, -0.15) is 0 Å². The van der Waals surface area contributed by atoms with Crippen LogP contribution in [0.2, 0.25) is 0 Å². The molecule has 0 bridgehead atoms. The molecule has 3 heteroatoms. The molecule has 4 aromatic rings. The van der Waals surface area contributed by atoms with E-state index in [4.69, 9.17) is 9.40 Å². The van der Waals surface area contributed by atoms with Crippen molar-refractivity contribution in [3.05, 3.63) is 40.8 Å². The molecule has 0 spiro atoms. The van der Waals surface area contributed by atoms with Crippen molar-refractivity contribution in [3.8, 4) is 0 Å². The predicted octanol–water partition coefficient (Wildman–Crippen LogP) is 8.01. The van der Waals surface area contributed by atoms with Crippen molar-refractivity contribution in [3.63, 3.8) is 0 Å². The Hall–Kier alpha value is -1.87. The summed E-state index contributed by atoms with van der Waals surface area (Å²) in [5.41, 5.74) is 4.94. The van der Waals surface area contributed by atoms with Crippen molar-refractivity contribution >= 4 is 42.6 Å². The van der Waals surface area contributed by atoms with Gasteiger partial charge < -0.3 is 4.42 Å². The summed E-state index contributed by atoms with van der Waals surface area (Å²) in [6.07, 6.45) is 8.63. The summed E-state index contributed by atoms with van der Waals surface area (Å²) in [4.78, 5) is 5.13. The van der Waals surface area contributed by atoms with E-state index in [1.807, 2.05) is 11.3 Å². The highest BCUT2D eigenvalue weighted by Crippen LogP contribution is 2.44. The average molecular weight is 394 g/mol. The van der Waals surface area contributed by atoms with Crippen molar-refractivity contribution in [2.24, 2.45) is 0 Å². The van der Waals surface area contributed by atoms with Crippen molar-refractivity contribution in [2.45, 2.75) is 79.1 Å². The topological polar surface area (TPSA) is 26.0 Å². The highest BCUT2D eigenvalue weighted by molar-refractivity contribution is 7.26. The van der Waals surface area contributed by atoms with Crippen LogP contribution in [0.15, 0.2) is 22.6 Å². The number of hydrogen-bond acceptors (Lipinski definition) is 3. The predicted molar refractivity (Wildman–Crippen MR) is 123 cm³/mol. The zero-order chi connectivity index (χ0) is 19.7. The molecule has 0 unspecified atom stereocenters. The lowest BCUT2D eigenvalue weighted by atomic mass is 9.98. The van der Waals surface area contributed by atoms with E-state index in [0.717, 1.165) is 62.8 Å². The maximum absolute atomic E-state index is 6.63. The van der Waals surface area contributed by atoms with Crippen LogP contribution in [0.5, 0.6) is 0 Å². The molecule has 0 aliphatic heterocycles. The Morgan fingerprint density at radius 3 is 2.25 bits per heavy atom. The zero-order valence-corrected chi connectivity index (χ0v) is 18.5. The van der Waals surface area contributed by atoms with Crippen LogP contribution in [0.25, 0.3) is 31.3 Å². The van der Waals surface area contributed by atoms with Crippen molar-refractivity contribution in [1.82, 2.24) is 4.98 Å². The molecule has 0 amide bonds. The molecule has 3 aromatic heterocycles. The normalized spacial score (nSPS) is 12.0. The van der Waals surface area contributed by atoms with Gasteiger partial charge in [-0.15, -0.1) is 11.3 Å². The number of thiophene rings is 1. The molecular formula is C25H31NOS. The van der Waals surface area contributed by atoms with E-state index in [2.05, 4.69) is 45.9 Å². The summed E-state index contributed by atoms with van der Waals surface area (Å²) in [5, 5.41) is 4.01. The highest BCUT2D eigenvalue weighted by Gasteiger charge is 2.21. The number of nitrogens with zero attached hydrogens (tertiary/aromatic N) is 1. The number of aromatic nitrogens is 1. The molecule has 2 nitrogen and oxygen atoms in total. The lowest BCUT2D eigenvalue weighted by molar-refractivity contribution is 0.517. The summed E-state index contributed by atoms with van der Waals surface area (Å²) in [5.74, 6) is 1.14. The molecule has 0 aliphatic rings. The van der Waals surface area contributed by atoms with E-state index >= 15 is 0 Å². The molecule has 0 saturated heterocycles. The largest absolute Gasteiger partial charge is 0.442 e. The molecule has 0 N–H and O–H groups in total. The van der Waals surface area contributed by atoms with E-state index in [9.17, 15) is 0 Å². The fourth-order valence-electron chi connectivity index (χ4n) is 4.50. The average Bonchev–Trinajstić information content (AvgIpc) is 3.03. The molecule has 0 aliphatic carbocycles. The van der Waals surface area contributed by atoms with Gasteiger partial charge in [0.25, 0.3) is 0 Å². The lowest BCUT2D eigenvalue weighted by Gasteiger charge is -2.09. The van der Waals surface area contributed by atoms with Crippen LogP contribution in [0.3, 0.4) is 0 Å². The second kappa shape index (κ2) is 8.24. The maximum Gasteiger partial charge on any atom is 0.228 e. The Labute approximate surface area is 172 Å². The zero-order valence-electron chi connectivity index (χ0n) is 17.7. The Balaban J connectivity index is 2.22. The summed E-state index contributed by atoms with van der Waals surface area (Å²) >= 11 is 1.94. The molecule has 28 heavy (non-hydrogen) atoms. The van der Waals surface area contributed by atoms with Crippen molar-refractivity contribution in [1.29, 1.82) is 0 Å². The number of hydrogen-bond donors (Lipinski definition) is 0. The second-order valence-electron chi connectivity index (χ2n) is 7.83. The van der Waals surface area contributed by atoms with Gasteiger partial charge in [-0.3, -0.25) is 0 Å². The Morgan fingerprint density at radius 1 is 0.821 bits per heavy atom. The summed E-state index contributed by atoms with van der Waals surface area (Å²) in [7, 11) is 0. The Bertz CT molecular complexity index is 1120. The van der Waals surface area contributed by atoms with Gasteiger partial charge in [0, 0.05) is 26.9 Å². The number of rotatable bonds is 8. The van der Waals surface area contributed by atoms with Gasteiger partial charge in [-0.1, -0.05) is 59.1 Å². The third-order valence-electron chi connectivity index (χ3n) is 5.63. The van der Waals surface area contributed by atoms with E-state index < -0.39 is 0 Å². The monoisotopic (exact) mass is 393 g/mol. The van der Waals surface area contributed by atoms with Crippen LogP contribution in [-0.4, -0.2) is 4.98 Å².